The molecule has 2 N–H and O–H groups in total. The van der Waals surface area contributed by atoms with Gasteiger partial charge in [-0.3, -0.25) is 0 Å². The second kappa shape index (κ2) is 6.98. The van der Waals surface area contributed by atoms with Crippen molar-refractivity contribution in [3.8, 4) is 0 Å². The van der Waals surface area contributed by atoms with Gasteiger partial charge < -0.3 is 15.2 Å². The second-order valence-corrected chi connectivity index (χ2v) is 5.00. The molecule has 1 aliphatic rings. The average molecular weight is 267 g/mol. The van der Waals surface area contributed by atoms with Crippen LogP contribution in [0.4, 0.5) is 4.39 Å². The van der Waals surface area contributed by atoms with Crippen LogP contribution in [0.15, 0.2) is 24.3 Å². The number of rotatable bonds is 5. The summed E-state index contributed by atoms with van der Waals surface area (Å²) in [5, 5.41) is 0. The van der Waals surface area contributed by atoms with Gasteiger partial charge in [0.25, 0.3) is 0 Å². The van der Waals surface area contributed by atoms with E-state index in [4.69, 9.17) is 15.2 Å². The smallest absolute Gasteiger partial charge is 0.123 e. The summed E-state index contributed by atoms with van der Waals surface area (Å²) in [6.45, 7) is 3.47. The number of hydrogen-bond acceptors (Lipinski definition) is 3. The number of benzene rings is 1. The zero-order valence-corrected chi connectivity index (χ0v) is 11.3. The molecule has 2 atom stereocenters. The molecule has 0 bridgehead atoms. The summed E-state index contributed by atoms with van der Waals surface area (Å²) in [7, 11) is 0. The Bertz CT molecular complexity index is 393. The average Bonchev–Trinajstić information content (AvgIpc) is 2.45. The van der Waals surface area contributed by atoms with E-state index in [2.05, 4.69) is 0 Å². The van der Waals surface area contributed by atoms with Crippen molar-refractivity contribution in [3.05, 3.63) is 35.6 Å². The van der Waals surface area contributed by atoms with Gasteiger partial charge in [-0.2, -0.15) is 0 Å². The molecular formula is C15H22FNO2. The first-order chi connectivity index (χ1) is 9.20. The zero-order chi connectivity index (χ0) is 13.7. The molecule has 1 heterocycles. The Hall–Kier alpha value is -0.970. The van der Waals surface area contributed by atoms with Gasteiger partial charge >= 0.3 is 0 Å². The summed E-state index contributed by atoms with van der Waals surface area (Å²) in [4.78, 5) is 0. The van der Waals surface area contributed by atoms with Crippen LogP contribution in [-0.4, -0.2) is 25.4 Å². The molecule has 2 unspecified atom stereocenters. The van der Waals surface area contributed by atoms with Crippen LogP contribution in [-0.2, 0) is 9.47 Å². The third-order valence-electron chi connectivity index (χ3n) is 3.54. The molecule has 3 nitrogen and oxygen atoms in total. The highest BCUT2D eigenvalue weighted by Gasteiger charge is 2.25. The van der Waals surface area contributed by atoms with Gasteiger partial charge in [-0.15, -0.1) is 0 Å². The van der Waals surface area contributed by atoms with E-state index in [1.165, 1.54) is 12.1 Å². The van der Waals surface area contributed by atoms with E-state index in [9.17, 15) is 4.39 Å². The minimum atomic E-state index is -0.249. The molecule has 106 valence electrons. The molecule has 0 aliphatic carbocycles. The van der Waals surface area contributed by atoms with Crippen LogP contribution in [0, 0.1) is 5.82 Å². The Kier molecular flexibility index (Phi) is 5.31. The van der Waals surface area contributed by atoms with Crippen molar-refractivity contribution >= 4 is 0 Å². The molecule has 0 spiro atoms. The lowest BCUT2D eigenvalue weighted by Crippen LogP contribution is -2.34. The quantitative estimate of drug-likeness (QED) is 0.892. The van der Waals surface area contributed by atoms with Crippen LogP contribution in [0.25, 0.3) is 0 Å². The van der Waals surface area contributed by atoms with E-state index in [0.29, 0.717) is 0 Å². The first-order valence-corrected chi connectivity index (χ1v) is 6.95. The summed E-state index contributed by atoms with van der Waals surface area (Å²) in [5.41, 5.74) is 6.96. The first-order valence-electron chi connectivity index (χ1n) is 6.95. The summed E-state index contributed by atoms with van der Waals surface area (Å²) < 4.78 is 24.8. The summed E-state index contributed by atoms with van der Waals surface area (Å²) >= 11 is 0. The van der Waals surface area contributed by atoms with Crippen molar-refractivity contribution in [2.45, 2.75) is 44.4 Å². The molecular weight excluding hydrogens is 245 g/mol. The van der Waals surface area contributed by atoms with Crippen molar-refractivity contribution in [2.75, 3.05) is 13.2 Å². The molecule has 0 saturated carbocycles. The van der Waals surface area contributed by atoms with Crippen LogP contribution < -0.4 is 5.73 Å². The third kappa shape index (κ3) is 4.00. The van der Waals surface area contributed by atoms with Gasteiger partial charge in [0.1, 0.15) is 5.82 Å². The highest BCUT2D eigenvalue weighted by molar-refractivity contribution is 5.20. The lowest BCUT2D eigenvalue weighted by molar-refractivity contribution is -0.0778. The van der Waals surface area contributed by atoms with Gasteiger partial charge in [0.15, 0.2) is 0 Å². The Morgan fingerprint density at radius 1 is 1.42 bits per heavy atom. The van der Waals surface area contributed by atoms with E-state index in [0.717, 1.165) is 38.0 Å². The van der Waals surface area contributed by atoms with Gasteiger partial charge in [0.05, 0.1) is 12.2 Å². The number of ether oxygens (including phenoxy) is 2. The molecule has 19 heavy (non-hydrogen) atoms. The van der Waals surface area contributed by atoms with Crippen LogP contribution in [0.5, 0.6) is 0 Å². The van der Waals surface area contributed by atoms with Crippen molar-refractivity contribution < 1.29 is 13.9 Å². The molecule has 1 fully saturated rings. The minimum absolute atomic E-state index is 0.121. The number of hydrogen-bond donors (Lipinski definition) is 1. The van der Waals surface area contributed by atoms with Crippen molar-refractivity contribution in [1.82, 2.24) is 0 Å². The second-order valence-electron chi connectivity index (χ2n) is 5.00. The van der Waals surface area contributed by atoms with Crippen LogP contribution in [0.1, 0.15) is 37.9 Å². The van der Waals surface area contributed by atoms with E-state index in [1.807, 2.05) is 13.0 Å². The summed E-state index contributed by atoms with van der Waals surface area (Å²) in [6, 6.07) is 6.41. The van der Waals surface area contributed by atoms with E-state index in [1.54, 1.807) is 6.07 Å². The largest absolute Gasteiger partial charge is 0.381 e. The Balaban J connectivity index is 2.11. The topological polar surface area (TPSA) is 44.5 Å². The summed E-state index contributed by atoms with van der Waals surface area (Å²) in [5.74, 6) is -0.249. The van der Waals surface area contributed by atoms with Crippen LogP contribution in [0.3, 0.4) is 0 Å². The molecule has 4 heteroatoms. The van der Waals surface area contributed by atoms with Crippen molar-refractivity contribution in [2.24, 2.45) is 5.73 Å². The van der Waals surface area contributed by atoms with Gasteiger partial charge in [0.2, 0.25) is 0 Å². The normalized spacial score (nSPS) is 20.2. The Morgan fingerprint density at radius 2 is 2.16 bits per heavy atom. The maximum atomic E-state index is 13.4. The molecule has 1 aromatic carbocycles. The van der Waals surface area contributed by atoms with E-state index >= 15 is 0 Å². The number of halogens is 1. The SMILES string of the molecule is CCC(N)C(OC1CCOCC1)c1cccc(F)c1. The predicted octanol–water partition coefficient (Wildman–Crippen LogP) is 2.80. The zero-order valence-electron chi connectivity index (χ0n) is 11.3. The lowest BCUT2D eigenvalue weighted by atomic mass is 10.00. The molecule has 0 amide bonds. The highest BCUT2D eigenvalue weighted by atomic mass is 19.1. The standard InChI is InChI=1S/C15H22FNO2/c1-2-14(17)15(11-4-3-5-12(16)10-11)19-13-6-8-18-9-7-13/h3-5,10,13-15H,2,6-9,17H2,1H3. The fourth-order valence-electron chi connectivity index (χ4n) is 2.34. The molecule has 1 aliphatic heterocycles. The molecule has 0 aromatic heterocycles. The number of nitrogens with two attached hydrogens (primary N) is 1. The molecule has 0 radical (unpaired) electrons. The molecule has 2 rings (SSSR count). The molecule has 1 saturated heterocycles. The highest BCUT2D eigenvalue weighted by Crippen LogP contribution is 2.27. The van der Waals surface area contributed by atoms with Gasteiger partial charge in [-0.1, -0.05) is 19.1 Å². The van der Waals surface area contributed by atoms with E-state index < -0.39 is 0 Å². The van der Waals surface area contributed by atoms with Crippen molar-refractivity contribution in [3.63, 3.8) is 0 Å². The Morgan fingerprint density at radius 3 is 2.79 bits per heavy atom. The third-order valence-corrected chi connectivity index (χ3v) is 3.54. The fraction of sp³-hybridized carbons (Fsp3) is 0.600. The monoisotopic (exact) mass is 267 g/mol. The maximum Gasteiger partial charge on any atom is 0.123 e. The van der Waals surface area contributed by atoms with E-state index in [-0.39, 0.29) is 24.1 Å². The predicted molar refractivity (Wildman–Crippen MR) is 72.3 cm³/mol. The fourth-order valence-corrected chi connectivity index (χ4v) is 2.34. The van der Waals surface area contributed by atoms with Crippen molar-refractivity contribution in [1.29, 1.82) is 0 Å². The maximum absolute atomic E-state index is 13.4. The van der Waals surface area contributed by atoms with Gasteiger partial charge in [-0.05, 0) is 37.0 Å². The summed E-state index contributed by atoms with van der Waals surface area (Å²) in [6.07, 6.45) is 2.46. The van der Waals surface area contributed by atoms with Gasteiger partial charge in [-0.25, -0.2) is 4.39 Å². The lowest BCUT2D eigenvalue weighted by Gasteiger charge is -2.31. The van der Waals surface area contributed by atoms with Crippen LogP contribution in [0.2, 0.25) is 0 Å². The van der Waals surface area contributed by atoms with Gasteiger partial charge in [0, 0.05) is 19.3 Å². The van der Waals surface area contributed by atoms with Crippen LogP contribution >= 0.6 is 0 Å². The molecule has 1 aromatic rings. The first kappa shape index (κ1) is 14.4. The minimum Gasteiger partial charge on any atom is -0.381 e. The Labute approximate surface area is 113 Å².